The van der Waals surface area contributed by atoms with Gasteiger partial charge in [-0.1, -0.05) is 153 Å². The van der Waals surface area contributed by atoms with Crippen LogP contribution in [0, 0.1) is 0 Å². The first-order chi connectivity index (χ1) is 26.0. The molecule has 13 heteroatoms. The van der Waals surface area contributed by atoms with Crippen molar-refractivity contribution >= 4 is 25.7 Å². The Hall–Kier alpha value is -2.34. The van der Waals surface area contributed by atoms with E-state index in [0.717, 1.165) is 32.1 Å². The lowest BCUT2D eigenvalue weighted by Crippen LogP contribution is -2.34. The lowest BCUT2D eigenvalue weighted by molar-refractivity contribution is -0.161. The number of aliphatic hydroxyl groups is 1. The third-order valence-electron chi connectivity index (χ3n) is 8.75. The first kappa shape index (κ1) is 51.7. The lowest BCUT2D eigenvalue weighted by atomic mass is 10.0. The van der Waals surface area contributed by atoms with Gasteiger partial charge in [-0.2, -0.15) is 0 Å². The fourth-order valence-corrected chi connectivity index (χ4v) is 6.20. The van der Waals surface area contributed by atoms with Gasteiger partial charge in [0, 0.05) is 12.8 Å². The zero-order chi connectivity index (χ0) is 40.1. The van der Waals surface area contributed by atoms with E-state index in [-0.39, 0.29) is 12.8 Å². The summed E-state index contributed by atoms with van der Waals surface area (Å²) in [7, 11) is -4.75. The Kier molecular flexibility index (Phi) is 34.7. The number of phosphoric ester groups is 1. The van der Waals surface area contributed by atoms with Crippen LogP contribution in [0.3, 0.4) is 0 Å². The normalized spacial score (nSPS) is 14.8. The number of hydrogen-bond donors (Lipinski definition) is 4. The highest BCUT2D eigenvalue weighted by Crippen LogP contribution is 2.43. The van der Waals surface area contributed by atoms with Crippen LogP contribution in [0.5, 0.6) is 0 Å². The van der Waals surface area contributed by atoms with Crippen molar-refractivity contribution in [3.05, 3.63) is 36.5 Å². The molecule has 0 amide bonds. The molecule has 0 aromatic carbocycles. The number of carboxylic acids is 1. The summed E-state index contributed by atoms with van der Waals surface area (Å²) in [5, 5.41) is 19.1. The van der Waals surface area contributed by atoms with Gasteiger partial charge in [-0.15, -0.1) is 0 Å². The molecule has 4 atom stereocenters. The number of aliphatic hydroxyl groups excluding tert-OH is 1. The van der Waals surface area contributed by atoms with Gasteiger partial charge < -0.3 is 30.3 Å². The zero-order valence-electron chi connectivity index (χ0n) is 33.4. The minimum Gasteiger partial charge on any atom is -0.480 e. The molecule has 0 heterocycles. The monoisotopic (exact) mass is 787 g/mol. The second kappa shape index (κ2) is 36.3. The number of phosphoric acid groups is 1. The summed E-state index contributed by atoms with van der Waals surface area (Å²) in [6, 6.07) is -1.54. The maximum Gasteiger partial charge on any atom is 0.472 e. The molecule has 12 nitrogen and oxygen atoms in total. The number of allylic oxidation sites excluding steroid dienone is 5. The highest BCUT2D eigenvalue weighted by atomic mass is 31.2. The first-order valence-corrected chi connectivity index (χ1v) is 22.1. The number of esters is 2. The highest BCUT2D eigenvalue weighted by molar-refractivity contribution is 7.47. The number of ether oxygens (including phenoxy) is 2. The first-order valence-electron chi connectivity index (χ1n) is 20.6. The molecular weight excluding hydrogens is 713 g/mol. The van der Waals surface area contributed by atoms with Crippen molar-refractivity contribution in [2.45, 2.75) is 186 Å². The SMILES string of the molecule is CCCCCCCC/C=C/C/C=C/C=C/C(O)CCCC(=O)OC[C@H](COP(=O)(O)OC[C@H](N)C(=O)O)OC(=O)CCCCCCCCCCCCCC. The van der Waals surface area contributed by atoms with E-state index in [9.17, 15) is 28.9 Å². The van der Waals surface area contributed by atoms with Gasteiger partial charge in [0.25, 0.3) is 0 Å². The third kappa shape index (κ3) is 35.4. The number of nitrogens with two attached hydrogens (primary N) is 1. The van der Waals surface area contributed by atoms with Crippen molar-refractivity contribution in [2.75, 3.05) is 19.8 Å². The summed E-state index contributed by atoms with van der Waals surface area (Å²) < 4.78 is 32.5. The average Bonchev–Trinajstić information content (AvgIpc) is 3.14. The summed E-state index contributed by atoms with van der Waals surface area (Å²) in [6.45, 7) is 2.59. The summed E-state index contributed by atoms with van der Waals surface area (Å²) in [5.74, 6) is -2.60. The van der Waals surface area contributed by atoms with Crippen LogP contribution < -0.4 is 5.73 Å². The van der Waals surface area contributed by atoms with E-state index in [0.29, 0.717) is 19.3 Å². The fraction of sp³-hybridized carbons (Fsp3) is 0.780. The summed E-state index contributed by atoms with van der Waals surface area (Å²) in [5.41, 5.74) is 5.31. The van der Waals surface area contributed by atoms with Gasteiger partial charge in [-0.05, 0) is 38.5 Å². The molecule has 0 aliphatic rings. The van der Waals surface area contributed by atoms with E-state index in [1.807, 2.05) is 12.2 Å². The molecule has 0 saturated heterocycles. The molecule has 5 N–H and O–H groups in total. The van der Waals surface area contributed by atoms with Crippen molar-refractivity contribution in [2.24, 2.45) is 5.73 Å². The van der Waals surface area contributed by atoms with E-state index in [1.54, 1.807) is 12.2 Å². The number of aliphatic carboxylic acids is 1. The van der Waals surface area contributed by atoms with Crippen LogP contribution in [-0.2, 0) is 37.5 Å². The quantitative estimate of drug-likeness (QED) is 0.0153. The molecule has 314 valence electrons. The number of hydrogen-bond acceptors (Lipinski definition) is 10. The van der Waals surface area contributed by atoms with Gasteiger partial charge in [-0.3, -0.25) is 23.4 Å². The minimum absolute atomic E-state index is 0.000794. The summed E-state index contributed by atoms with van der Waals surface area (Å²) >= 11 is 0. The van der Waals surface area contributed by atoms with E-state index < -0.39 is 63.8 Å². The summed E-state index contributed by atoms with van der Waals surface area (Å²) in [6.07, 6.45) is 33.9. The van der Waals surface area contributed by atoms with E-state index in [2.05, 4.69) is 30.5 Å². The van der Waals surface area contributed by atoms with E-state index in [4.69, 9.17) is 24.8 Å². The minimum atomic E-state index is -4.75. The largest absolute Gasteiger partial charge is 0.480 e. The van der Waals surface area contributed by atoms with Crippen molar-refractivity contribution in [3.63, 3.8) is 0 Å². The van der Waals surface area contributed by atoms with Crippen LogP contribution in [0.15, 0.2) is 36.5 Å². The molecule has 0 fully saturated rings. The van der Waals surface area contributed by atoms with Crippen LogP contribution in [0.25, 0.3) is 0 Å². The molecule has 0 aliphatic carbocycles. The molecule has 0 saturated carbocycles. The second-order valence-electron chi connectivity index (χ2n) is 14.0. The maximum atomic E-state index is 12.6. The van der Waals surface area contributed by atoms with Crippen molar-refractivity contribution in [3.8, 4) is 0 Å². The third-order valence-corrected chi connectivity index (χ3v) is 9.70. The Bertz CT molecular complexity index is 1080. The van der Waals surface area contributed by atoms with Gasteiger partial charge >= 0.3 is 25.7 Å². The predicted molar refractivity (Wildman–Crippen MR) is 214 cm³/mol. The maximum absolute atomic E-state index is 12.6. The summed E-state index contributed by atoms with van der Waals surface area (Å²) in [4.78, 5) is 45.8. The van der Waals surface area contributed by atoms with Crippen molar-refractivity contribution in [1.29, 1.82) is 0 Å². The van der Waals surface area contributed by atoms with Crippen LogP contribution >= 0.6 is 7.82 Å². The number of carbonyl (C=O) groups excluding carboxylic acids is 2. The predicted octanol–water partition coefficient (Wildman–Crippen LogP) is 9.42. The molecule has 0 aliphatic heterocycles. The molecular formula is C41H74NO11P. The fourth-order valence-electron chi connectivity index (χ4n) is 5.43. The van der Waals surface area contributed by atoms with Gasteiger partial charge in [0.2, 0.25) is 0 Å². The molecule has 0 spiro atoms. The Morgan fingerprint density at radius 2 is 1.20 bits per heavy atom. The molecule has 0 aromatic rings. The molecule has 0 bridgehead atoms. The van der Waals surface area contributed by atoms with Crippen LogP contribution in [0.1, 0.15) is 168 Å². The molecule has 0 aromatic heterocycles. The van der Waals surface area contributed by atoms with Crippen LogP contribution in [-0.4, -0.2) is 71.1 Å². The second-order valence-corrected chi connectivity index (χ2v) is 15.4. The molecule has 2 unspecified atom stereocenters. The topological polar surface area (TPSA) is 192 Å². The number of carboxylic acid groups (broad SMARTS) is 1. The Labute approximate surface area is 325 Å². The lowest BCUT2D eigenvalue weighted by Gasteiger charge is -2.20. The van der Waals surface area contributed by atoms with Gasteiger partial charge in [-0.25, -0.2) is 4.57 Å². The van der Waals surface area contributed by atoms with Gasteiger partial charge in [0.1, 0.15) is 12.6 Å². The molecule has 0 rings (SSSR count). The average molecular weight is 788 g/mol. The smallest absolute Gasteiger partial charge is 0.472 e. The zero-order valence-corrected chi connectivity index (χ0v) is 34.3. The molecule has 0 radical (unpaired) electrons. The Morgan fingerprint density at radius 3 is 1.80 bits per heavy atom. The van der Waals surface area contributed by atoms with Gasteiger partial charge in [0.15, 0.2) is 6.10 Å². The Balaban J connectivity index is 4.57. The van der Waals surface area contributed by atoms with Crippen LogP contribution in [0.2, 0.25) is 0 Å². The van der Waals surface area contributed by atoms with Crippen molar-refractivity contribution in [1.82, 2.24) is 0 Å². The van der Waals surface area contributed by atoms with Gasteiger partial charge in [0.05, 0.1) is 19.3 Å². The van der Waals surface area contributed by atoms with E-state index in [1.165, 1.54) is 89.9 Å². The number of unbranched alkanes of at least 4 members (excludes halogenated alkanes) is 17. The van der Waals surface area contributed by atoms with Crippen molar-refractivity contribution < 1.29 is 52.6 Å². The van der Waals surface area contributed by atoms with Crippen LogP contribution in [0.4, 0.5) is 0 Å². The molecule has 54 heavy (non-hydrogen) atoms. The standard InChI is InChI=1S/C41H74NO11P/c1-3-5-7-9-11-13-15-17-18-20-22-24-26-29-36(43)30-28-32-39(44)50-33-37(34-51-54(48,49)52-35-38(42)41(46)47)53-40(45)31-27-25-23-21-19-16-14-12-10-8-6-4-2/h17-18,22,24,26,29,36-38,43H,3-16,19-21,23,25,27-28,30-35,42H2,1-2H3,(H,46,47)(H,48,49)/b18-17+,24-22+,29-26+/t36?,37-,38+/m1/s1. The number of carbonyl (C=O) groups is 3. The van der Waals surface area contributed by atoms with E-state index >= 15 is 0 Å². The Morgan fingerprint density at radius 1 is 0.667 bits per heavy atom. The number of rotatable bonds is 38. The highest BCUT2D eigenvalue weighted by Gasteiger charge is 2.28.